The van der Waals surface area contributed by atoms with Gasteiger partial charge in [-0.15, -0.1) is 0 Å². The van der Waals surface area contributed by atoms with Crippen LogP contribution in [0.4, 0.5) is 0 Å². The van der Waals surface area contributed by atoms with E-state index in [1.165, 1.54) is 38.5 Å². The quantitative estimate of drug-likeness (QED) is 0.171. The van der Waals surface area contributed by atoms with Crippen LogP contribution in [0.2, 0.25) is 0 Å². The van der Waals surface area contributed by atoms with Gasteiger partial charge in [0.2, 0.25) is 0 Å². The van der Waals surface area contributed by atoms with Crippen LogP contribution in [0.1, 0.15) is 105 Å². The largest absolute Gasteiger partial charge is 0.463 e. The highest BCUT2D eigenvalue weighted by Crippen LogP contribution is 2.12. The Kier molecular flexibility index (Phi) is 17.7. The van der Waals surface area contributed by atoms with Crippen LogP contribution in [0, 0.1) is 0 Å². The van der Waals surface area contributed by atoms with Crippen LogP contribution in [0.5, 0.6) is 0 Å². The van der Waals surface area contributed by atoms with Gasteiger partial charge in [-0.3, -0.25) is 4.79 Å². The summed E-state index contributed by atoms with van der Waals surface area (Å²) < 4.78 is 17.0. The molecule has 0 spiro atoms. The molecule has 150 valence electrons. The molecule has 0 unspecified atom stereocenters. The summed E-state index contributed by atoms with van der Waals surface area (Å²) in [6.45, 7) is 9.74. The summed E-state index contributed by atoms with van der Waals surface area (Å²) in [7, 11) is 0. The lowest BCUT2D eigenvalue weighted by molar-refractivity contribution is -0.151. The Morgan fingerprint density at radius 1 is 0.760 bits per heavy atom. The Balaban J connectivity index is 3.91. The maximum atomic E-state index is 11.6. The minimum absolute atomic E-state index is 0.0295. The van der Waals surface area contributed by atoms with Crippen LogP contribution in [-0.4, -0.2) is 31.6 Å². The highest BCUT2D eigenvalue weighted by atomic mass is 16.7. The summed E-state index contributed by atoms with van der Waals surface area (Å²) in [5, 5.41) is 0. The molecule has 0 aromatic heterocycles. The average molecular weight is 359 g/mol. The van der Waals surface area contributed by atoms with E-state index in [1.54, 1.807) is 0 Å². The number of rotatable bonds is 18. The molecule has 0 saturated heterocycles. The van der Waals surface area contributed by atoms with Crippen molar-refractivity contribution in [1.82, 2.24) is 0 Å². The third-order valence-corrected chi connectivity index (χ3v) is 4.04. The van der Waals surface area contributed by atoms with E-state index >= 15 is 0 Å². The van der Waals surface area contributed by atoms with E-state index in [0.717, 1.165) is 45.3 Å². The number of hydrogen-bond acceptors (Lipinski definition) is 4. The topological polar surface area (TPSA) is 44.8 Å². The van der Waals surface area contributed by atoms with Gasteiger partial charge in [0.1, 0.15) is 0 Å². The zero-order valence-electron chi connectivity index (χ0n) is 17.2. The van der Waals surface area contributed by atoms with E-state index in [-0.39, 0.29) is 18.4 Å². The van der Waals surface area contributed by atoms with E-state index < -0.39 is 0 Å². The molecule has 25 heavy (non-hydrogen) atoms. The van der Waals surface area contributed by atoms with Gasteiger partial charge >= 0.3 is 5.97 Å². The molecule has 0 aromatic rings. The van der Waals surface area contributed by atoms with Gasteiger partial charge in [-0.25, -0.2) is 0 Å². The van der Waals surface area contributed by atoms with Crippen molar-refractivity contribution in [2.24, 2.45) is 0 Å². The molecule has 0 heterocycles. The molecule has 0 rings (SSSR count). The lowest BCUT2D eigenvalue weighted by Crippen LogP contribution is -2.19. The van der Waals surface area contributed by atoms with E-state index in [9.17, 15) is 4.79 Å². The number of carbonyl (C=O) groups excluding carboxylic acids is 1. The van der Waals surface area contributed by atoms with Crippen molar-refractivity contribution in [3.8, 4) is 0 Å². The molecule has 0 aliphatic rings. The van der Waals surface area contributed by atoms with Crippen molar-refractivity contribution in [3.63, 3.8) is 0 Å². The van der Waals surface area contributed by atoms with Gasteiger partial charge in [-0.1, -0.05) is 52.4 Å². The Labute approximate surface area is 156 Å². The fraction of sp³-hybridized carbons (Fsp3) is 0.952. The van der Waals surface area contributed by atoms with Crippen molar-refractivity contribution in [1.29, 1.82) is 0 Å². The van der Waals surface area contributed by atoms with Crippen molar-refractivity contribution >= 4 is 5.97 Å². The highest BCUT2D eigenvalue weighted by molar-refractivity contribution is 5.69. The average Bonchev–Trinajstić information content (AvgIpc) is 2.56. The molecule has 0 aromatic carbocycles. The second-order valence-electron chi connectivity index (χ2n) is 7.08. The van der Waals surface area contributed by atoms with Crippen molar-refractivity contribution < 1.29 is 19.0 Å². The normalized spacial score (nSPS) is 11.4. The lowest BCUT2D eigenvalue weighted by Gasteiger charge is -2.19. The maximum Gasteiger partial charge on any atom is 0.306 e. The summed E-state index contributed by atoms with van der Waals surface area (Å²) in [5.41, 5.74) is 0. The van der Waals surface area contributed by atoms with Gasteiger partial charge in [-0.2, -0.15) is 0 Å². The molecule has 0 aliphatic carbocycles. The van der Waals surface area contributed by atoms with E-state index in [1.807, 2.05) is 13.8 Å². The van der Waals surface area contributed by atoms with Crippen LogP contribution >= 0.6 is 0 Å². The SMILES string of the molecule is CCCCCCOC(CCCCC(=O)OC(C)C)OCCCCCC. The molecule has 0 amide bonds. The minimum atomic E-state index is -0.121. The number of unbranched alkanes of at least 4 members (excludes halogenated alkanes) is 7. The Morgan fingerprint density at radius 2 is 1.32 bits per heavy atom. The van der Waals surface area contributed by atoms with Crippen LogP contribution < -0.4 is 0 Å². The molecule has 0 atom stereocenters. The first-order valence-corrected chi connectivity index (χ1v) is 10.5. The summed E-state index contributed by atoms with van der Waals surface area (Å²) in [6, 6.07) is 0. The minimum Gasteiger partial charge on any atom is -0.463 e. The summed E-state index contributed by atoms with van der Waals surface area (Å²) in [6.07, 6.45) is 12.6. The third-order valence-electron chi connectivity index (χ3n) is 4.04. The van der Waals surface area contributed by atoms with Crippen LogP contribution in [0.25, 0.3) is 0 Å². The van der Waals surface area contributed by atoms with Crippen LogP contribution in [-0.2, 0) is 19.0 Å². The molecule has 0 N–H and O–H groups in total. The molecule has 0 fully saturated rings. The zero-order valence-corrected chi connectivity index (χ0v) is 17.2. The van der Waals surface area contributed by atoms with Crippen LogP contribution in [0.15, 0.2) is 0 Å². The molecule has 0 aliphatic heterocycles. The Hall–Kier alpha value is -0.610. The van der Waals surface area contributed by atoms with Crippen molar-refractivity contribution in [3.05, 3.63) is 0 Å². The molecule has 0 bridgehead atoms. The third kappa shape index (κ3) is 18.0. The molecular formula is C21H42O4. The number of esters is 1. The van der Waals surface area contributed by atoms with Gasteiger partial charge in [0.25, 0.3) is 0 Å². The summed E-state index contributed by atoms with van der Waals surface area (Å²) >= 11 is 0. The first-order chi connectivity index (χ1) is 12.1. The molecular weight excluding hydrogens is 316 g/mol. The lowest BCUT2D eigenvalue weighted by atomic mass is 10.2. The second kappa shape index (κ2) is 18.2. The van der Waals surface area contributed by atoms with Gasteiger partial charge in [0, 0.05) is 19.6 Å². The fourth-order valence-electron chi connectivity index (χ4n) is 2.60. The zero-order chi connectivity index (χ0) is 18.8. The van der Waals surface area contributed by atoms with Gasteiger partial charge in [0.15, 0.2) is 6.29 Å². The monoisotopic (exact) mass is 358 g/mol. The summed E-state index contributed by atoms with van der Waals surface area (Å²) in [4.78, 5) is 11.6. The van der Waals surface area contributed by atoms with E-state index in [0.29, 0.717) is 6.42 Å². The fourth-order valence-corrected chi connectivity index (χ4v) is 2.60. The van der Waals surface area contributed by atoms with E-state index in [2.05, 4.69) is 13.8 Å². The predicted octanol–water partition coefficient (Wildman–Crippen LogP) is 6.02. The second-order valence-corrected chi connectivity index (χ2v) is 7.08. The Bertz CT molecular complexity index is 278. The maximum absolute atomic E-state index is 11.6. The number of ether oxygens (including phenoxy) is 3. The summed E-state index contributed by atoms with van der Waals surface area (Å²) in [5.74, 6) is -0.104. The standard InChI is InChI=1S/C21H42O4/c1-5-7-9-13-17-23-21(24-18-14-10-8-6-2)16-12-11-15-20(22)25-19(3)4/h19,21H,5-18H2,1-4H3. The predicted molar refractivity (Wildman–Crippen MR) is 104 cm³/mol. The first-order valence-electron chi connectivity index (χ1n) is 10.5. The number of carbonyl (C=O) groups is 1. The first kappa shape index (κ1) is 24.4. The van der Waals surface area contributed by atoms with E-state index in [4.69, 9.17) is 14.2 Å². The van der Waals surface area contributed by atoms with Crippen LogP contribution in [0.3, 0.4) is 0 Å². The Morgan fingerprint density at radius 3 is 1.80 bits per heavy atom. The smallest absolute Gasteiger partial charge is 0.306 e. The highest BCUT2D eigenvalue weighted by Gasteiger charge is 2.11. The molecule has 4 nitrogen and oxygen atoms in total. The molecule has 0 radical (unpaired) electrons. The van der Waals surface area contributed by atoms with Crippen molar-refractivity contribution in [2.75, 3.05) is 13.2 Å². The van der Waals surface area contributed by atoms with Crippen molar-refractivity contribution in [2.45, 2.75) is 117 Å². The molecule has 0 saturated carbocycles. The number of hydrogen-bond donors (Lipinski definition) is 0. The van der Waals surface area contributed by atoms with Gasteiger partial charge < -0.3 is 14.2 Å². The van der Waals surface area contributed by atoms with Gasteiger partial charge in [-0.05, 0) is 46.0 Å². The molecule has 4 heteroatoms. The van der Waals surface area contributed by atoms with Gasteiger partial charge in [0.05, 0.1) is 6.10 Å².